The molecule has 0 unspecified atom stereocenters. The molecular formula is C15H15N3O6. The Kier molecular flexibility index (Phi) is 5.27. The number of benzene rings is 2. The van der Waals surface area contributed by atoms with Gasteiger partial charge in [-0.15, -0.1) is 0 Å². The number of nitro groups is 2. The molecular weight excluding hydrogens is 318 g/mol. The number of anilines is 2. The molecule has 0 bridgehead atoms. The van der Waals surface area contributed by atoms with Crippen molar-refractivity contribution in [2.75, 3.05) is 18.5 Å². The Hall–Kier alpha value is -3.20. The Balaban J connectivity index is 2.29. The van der Waals surface area contributed by atoms with Crippen molar-refractivity contribution in [3.8, 4) is 5.75 Å². The molecule has 0 aromatic heterocycles. The summed E-state index contributed by atoms with van der Waals surface area (Å²) in [7, 11) is 0. The quantitative estimate of drug-likeness (QED) is 0.589. The summed E-state index contributed by atoms with van der Waals surface area (Å²) in [6.07, 6.45) is 0. The van der Waals surface area contributed by atoms with Gasteiger partial charge in [-0.05, 0) is 36.8 Å². The van der Waals surface area contributed by atoms with Gasteiger partial charge >= 0.3 is 0 Å². The fraction of sp³-hybridized carbons (Fsp3) is 0.200. The number of nitrogens with zero attached hydrogens (tertiary/aromatic N) is 2. The maximum Gasteiger partial charge on any atom is 0.299 e. The van der Waals surface area contributed by atoms with Crippen LogP contribution in [0.5, 0.6) is 5.75 Å². The number of non-ortho nitro benzene ring substituents is 1. The number of hydrogen-bond donors (Lipinski definition) is 2. The largest absolute Gasteiger partial charge is 0.491 e. The van der Waals surface area contributed by atoms with Gasteiger partial charge < -0.3 is 15.2 Å². The monoisotopic (exact) mass is 333 g/mol. The number of hydrogen-bond acceptors (Lipinski definition) is 7. The van der Waals surface area contributed by atoms with E-state index in [9.17, 15) is 20.2 Å². The van der Waals surface area contributed by atoms with Gasteiger partial charge in [0.2, 0.25) is 0 Å². The first-order valence-corrected chi connectivity index (χ1v) is 6.96. The third kappa shape index (κ3) is 3.96. The lowest BCUT2D eigenvalue weighted by atomic mass is 10.2. The lowest BCUT2D eigenvalue weighted by Gasteiger charge is -2.11. The summed E-state index contributed by atoms with van der Waals surface area (Å²) in [4.78, 5) is 20.5. The van der Waals surface area contributed by atoms with Gasteiger partial charge in [0, 0.05) is 11.8 Å². The van der Waals surface area contributed by atoms with E-state index in [0.29, 0.717) is 11.4 Å². The van der Waals surface area contributed by atoms with Crippen molar-refractivity contribution in [2.45, 2.75) is 6.92 Å². The van der Waals surface area contributed by atoms with Crippen LogP contribution in [0.3, 0.4) is 0 Å². The van der Waals surface area contributed by atoms with Crippen molar-refractivity contribution < 1.29 is 19.7 Å². The van der Waals surface area contributed by atoms with Crippen LogP contribution in [0, 0.1) is 27.2 Å². The molecule has 9 nitrogen and oxygen atoms in total. The summed E-state index contributed by atoms with van der Waals surface area (Å²) < 4.78 is 5.33. The van der Waals surface area contributed by atoms with Gasteiger partial charge in [0.1, 0.15) is 18.0 Å². The van der Waals surface area contributed by atoms with Crippen LogP contribution in [0.4, 0.5) is 22.7 Å². The van der Waals surface area contributed by atoms with E-state index in [4.69, 9.17) is 9.84 Å². The number of nitro benzene ring substituents is 2. The van der Waals surface area contributed by atoms with E-state index in [1.807, 2.05) is 0 Å². The minimum absolute atomic E-state index is 0.103. The SMILES string of the molecule is Cc1cc(Nc2ccc([N+](=O)[O-])cc2[N+](=O)[O-])ccc1OCCO. The van der Waals surface area contributed by atoms with Gasteiger partial charge in [0.25, 0.3) is 11.4 Å². The molecule has 0 amide bonds. The molecule has 2 aromatic rings. The van der Waals surface area contributed by atoms with Crippen molar-refractivity contribution in [2.24, 2.45) is 0 Å². The molecule has 0 aliphatic carbocycles. The molecule has 0 spiro atoms. The molecule has 0 atom stereocenters. The zero-order valence-corrected chi connectivity index (χ0v) is 12.8. The van der Waals surface area contributed by atoms with Gasteiger partial charge in [0.15, 0.2) is 0 Å². The van der Waals surface area contributed by atoms with Crippen LogP contribution in [0.25, 0.3) is 0 Å². The number of aryl methyl sites for hydroxylation is 1. The summed E-state index contributed by atoms with van der Waals surface area (Å²) in [6.45, 7) is 1.86. The predicted molar refractivity (Wildman–Crippen MR) is 86.8 cm³/mol. The zero-order valence-electron chi connectivity index (χ0n) is 12.8. The van der Waals surface area contributed by atoms with Gasteiger partial charge in [-0.25, -0.2) is 0 Å². The number of aliphatic hydroxyl groups is 1. The normalized spacial score (nSPS) is 10.2. The minimum Gasteiger partial charge on any atom is -0.491 e. The van der Waals surface area contributed by atoms with Crippen LogP contribution in [-0.4, -0.2) is 28.2 Å². The first kappa shape index (κ1) is 17.2. The molecule has 0 saturated heterocycles. The van der Waals surface area contributed by atoms with Crippen molar-refractivity contribution in [1.82, 2.24) is 0 Å². The first-order chi connectivity index (χ1) is 11.4. The highest BCUT2D eigenvalue weighted by Gasteiger charge is 2.19. The third-order valence-corrected chi connectivity index (χ3v) is 3.19. The maximum atomic E-state index is 11.1. The summed E-state index contributed by atoms with van der Waals surface area (Å²) in [6, 6.07) is 8.45. The van der Waals surface area contributed by atoms with Crippen LogP contribution in [-0.2, 0) is 0 Å². The van der Waals surface area contributed by atoms with E-state index in [1.165, 1.54) is 12.1 Å². The summed E-state index contributed by atoms with van der Waals surface area (Å²) >= 11 is 0. The fourth-order valence-corrected chi connectivity index (χ4v) is 2.09. The molecule has 9 heteroatoms. The van der Waals surface area contributed by atoms with Gasteiger partial charge in [-0.1, -0.05) is 0 Å². The summed E-state index contributed by atoms with van der Waals surface area (Å²) in [5.74, 6) is 0.591. The van der Waals surface area contributed by atoms with E-state index >= 15 is 0 Å². The fourth-order valence-electron chi connectivity index (χ4n) is 2.09. The molecule has 2 N–H and O–H groups in total. The van der Waals surface area contributed by atoms with E-state index in [-0.39, 0.29) is 30.3 Å². The lowest BCUT2D eigenvalue weighted by Crippen LogP contribution is -2.03. The minimum atomic E-state index is -0.686. The Labute approximate surface area is 136 Å². The summed E-state index contributed by atoms with van der Waals surface area (Å²) in [5.41, 5.74) is 0.756. The molecule has 0 radical (unpaired) electrons. The van der Waals surface area contributed by atoms with E-state index < -0.39 is 9.85 Å². The second kappa shape index (κ2) is 7.38. The average Bonchev–Trinajstić information content (AvgIpc) is 2.54. The zero-order chi connectivity index (χ0) is 17.7. The number of aliphatic hydroxyl groups excluding tert-OH is 1. The van der Waals surface area contributed by atoms with E-state index in [2.05, 4.69) is 5.32 Å². The van der Waals surface area contributed by atoms with Crippen LogP contribution < -0.4 is 10.1 Å². The molecule has 0 heterocycles. The van der Waals surface area contributed by atoms with E-state index in [0.717, 1.165) is 11.6 Å². The third-order valence-electron chi connectivity index (χ3n) is 3.19. The Morgan fingerprint density at radius 2 is 1.88 bits per heavy atom. The maximum absolute atomic E-state index is 11.1. The topological polar surface area (TPSA) is 128 Å². The van der Waals surface area contributed by atoms with Gasteiger partial charge in [-0.2, -0.15) is 0 Å². The van der Waals surface area contributed by atoms with Crippen LogP contribution >= 0.6 is 0 Å². The molecule has 0 fully saturated rings. The highest BCUT2D eigenvalue weighted by molar-refractivity contribution is 5.72. The van der Waals surface area contributed by atoms with Crippen molar-refractivity contribution in [3.05, 3.63) is 62.2 Å². The highest BCUT2D eigenvalue weighted by Crippen LogP contribution is 2.32. The van der Waals surface area contributed by atoms with Gasteiger partial charge in [0.05, 0.1) is 22.5 Å². The molecule has 24 heavy (non-hydrogen) atoms. The van der Waals surface area contributed by atoms with Gasteiger partial charge in [-0.3, -0.25) is 20.2 Å². The summed E-state index contributed by atoms with van der Waals surface area (Å²) in [5, 5.41) is 33.5. The molecule has 2 aromatic carbocycles. The predicted octanol–water partition coefficient (Wildman–Crippen LogP) is 2.93. The average molecular weight is 333 g/mol. The van der Waals surface area contributed by atoms with E-state index in [1.54, 1.807) is 25.1 Å². The lowest BCUT2D eigenvalue weighted by molar-refractivity contribution is -0.393. The Morgan fingerprint density at radius 3 is 2.46 bits per heavy atom. The number of rotatable bonds is 7. The standard InChI is InChI=1S/C15H15N3O6/c1-10-8-11(2-5-15(10)24-7-6-19)16-13-4-3-12(17(20)21)9-14(13)18(22)23/h2-5,8-9,16,19H,6-7H2,1H3. The highest BCUT2D eigenvalue weighted by atomic mass is 16.6. The smallest absolute Gasteiger partial charge is 0.299 e. The Bertz CT molecular complexity index is 778. The van der Waals surface area contributed by atoms with Crippen LogP contribution in [0.15, 0.2) is 36.4 Å². The molecule has 126 valence electrons. The van der Waals surface area contributed by atoms with Crippen molar-refractivity contribution >= 4 is 22.7 Å². The Morgan fingerprint density at radius 1 is 1.12 bits per heavy atom. The first-order valence-electron chi connectivity index (χ1n) is 6.96. The molecule has 2 rings (SSSR count). The second-order valence-electron chi connectivity index (χ2n) is 4.89. The van der Waals surface area contributed by atoms with Crippen molar-refractivity contribution in [1.29, 1.82) is 0 Å². The molecule has 0 aliphatic rings. The van der Waals surface area contributed by atoms with Crippen LogP contribution in [0.2, 0.25) is 0 Å². The number of nitrogens with one attached hydrogen (secondary N) is 1. The van der Waals surface area contributed by atoms with Crippen LogP contribution in [0.1, 0.15) is 5.56 Å². The molecule has 0 aliphatic heterocycles. The number of ether oxygens (including phenoxy) is 1. The molecule has 0 saturated carbocycles. The second-order valence-corrected chi connectivity index (χ2v) is 4.89. The van der Waals surface area contributed by atoms with Crippen molar-refractivity contribution in [3.63, 3.8) is 0 Å².